The molecule has 0 saturated heterocycles. The van der Waals surface area contributed by atoms with Crippen LogP contribution in [0.5, 0.6) is 0 Å². The molecule has 0 saturated carbocycles. The van der Waals surface area contributed by atoms with Crippen molar-refractivity contribution in [1.29, 1.82) is 0 Å². The third kappa shape index (κ3) is 31.9. The van der Waals surface area contributed by atoms with Gasteiger partial charge in [-0.25, -0.2) is 0 Å². The van der Waals surface area contributed by atoms with E-state index in [1.807, 2.05) is 27.7 Å². The molecule has 0 spiro atoms. The summed E-state index contributed by atoms with van der Waals surface area (Å²) in [5.74, 6) is 0.178. The molecule has 0 aliphatic heterocycles. The van der Waals surface area contributed by atoms with Crippen molar-refractivity contribution in [2.45, 2.75) is 220 Å². The minimum Gasteiger partial charge on any atom is -0.466 e. The number of amides is 1. The third-order valence-electron chi connectivity index (χ3n) is 9.79. The smallest absolute Gasteiger partial charge is 0.306 e. The van der Waals surface area contributed by atoms with Gasteiger partial charge in [-0.05, 0) is 52.9 Å². The van der Waals surface area contributed by atoms with Crippen LogP contribution in [0.2, 0.25) is 0 Å². The first kappa shape index (κ1) is 45.9. The maximum atomic E-state index is 12.6. The van der Waals surface area contributed by atoms with Gasteiger partial charge in [0.05, 0.1) is 30.8 Å². The normalized spacial score (nSPS) is 12.2. The van der Waals surface area contributed by atoms with Crippen molar-refractivity contribution in [2.24, 2.45) is 5.92 Å². The first-order chi connectivity index (χ1) is 22.5. The lowest BCUT2D eigenvalue weighted by atomic mass is 9.93. The van der Waals surface area contributed by atoms with E-state index in [0.717, 1.165) is 13.0 Å². The van der Waals surface area contributed by atoms with Gasteiger partial charge in [-0.1, -0.05) is 142 Å². The molecule has 6 heteroatoms. The van der Waals surface area contributed by atoms with Crippen LogP contribution in [0.1, 0.15) is 208 Å². The zero-order valence-corrected chi connectivity index (χ0v) is 32.6. The van der Waals surface area contributed by atoms with E-state index in [1.54, 1.807) is 7.11 Å². The second-order valence-corrected chi connectivity index (χ2v) is 15.4. The molecule has 6 nitrogen and oxygen atoms in total. The zero-order chi connectivity index (χ0) is 35.1. The average Bonchev–Trinajstić information content (AvgIpc) is 3.03. The maximum Gasteiger partial charge on any atom is 0.306 e. The van der Waals surface area contributed by atoms with Crippen LogP contribution in [0, 0.1) is 5.92 Å². The maximum absolute atomic E-state index is 12.6. The second-order valence-electron chi connectivity index (χ2n) is 15.4. The van der Waals surface area contributed by atoms with Gasteiger partial charge < -0.3 is 19.5 Å². The molecule has 0 atom stereocenters. The highest BCUT2D eigenvalue weighted by Crippen LogP contribution is 2.21. The molecule has 0 bridgehead atoms. The molecular formula is C41H81NO5. The van der Waals surface area contributed by atoms with E-state index in [1.165, 1.54) is 141 Å². The fraction of sp³-hybridized carbons (Fsp3) is 0.951. The Morgan fingerprint density at radius 3 is 1.45 bits per heavy atom. The van der Waals surface area contributed by atoms with Gasteiger partial charge in [0.1, 0.15) is 0 Å². The molecule has 0 unspecified atom stereocenters. The van der Waals surface area contributed by atoms with Crippen LogP contribution in [-0.4, -0.2) is 49.9 Å². The lowest BCUT2D eigenvalue weighted by molar-refractivity contribution is -0.147. The van der Waals surface area contributed by atoms with E-state index >= 15 is 0 Å². The van der Waals surface area contributed by atoms with Crippen molar-refractivity contribution < 1.29 is 23.8 Å². The van der Waals surface area contributed by atoms with Gasteiger partial charge in [-0.15, -0.1) is 0 Å². The van der Waals surface area contributed by atoms with Gasteiger partial charge in [0.25, 0.3) is 0 Å². The molecule has 0 aliphatic carbocycles. The van der Waals surface area contributed by atoms with Crippen LogP contribution >= 0.6 is 0 Å². The van der Waals surface area contributed by atoms with Crippen LogP contribution in [0.3, 0.4) is 0 Å². The van der Waals surface area contributed by atoms with Gasteiger partial charge in [0, 0.05) is 26.5 Å². The Hall–Kier alpha value is -1.14. The fourth-order valence-electron chi connectivity index (χ4n) is 5.98. The summed E-state index contributed by atoms with van der Waals surface area (Å²) in [5.41, 5.74) is -0.609. The largest absolute Gasteiger partial charge is 0.466 e. The van der Waals surface area contributed by atoms with Crippen molar-refractivity contribution in [3.63, 3.8) is 0 Å². The van der Waals surface area contributed by atoms with Gasteiger partial charge in [-0.2, -0.15) is 0 Å². The molecule has 47 heavy (non-hydrogen) atoms. The van der Waals surface area contributed by atoms with E-state index in [2.05, 4.69) is 19.2 Å². The van der Waals surface area contributed by atoms with E-state index in [-0.39, 0.29) is 35.9 Å². The lowest BCUT2D eigenvalue weighted by Crippen LogP contribution is -2.31. The number of unbranched alkanes of at least 4 members (excludes halogenated alkanes) is 18. The predicted molar refractivity (Wildman–Crippen MR) is 200 cm³/mol. The number of rotatable bonds is 35. The van der Waals surface area contributed by atoms with Gasteiger partial charge in [0.2, 0.25) is 5.91 Å². The summed E-state index contributed by atoms with van der Waals surface area (Å²) in [6.45, 7) is 14.3. The Balaban J connectivity index is 4.34. The molecule has 0 aromatic heterocycles. The highest BCUT2D eigenvalue weighted by molar-refractivity contribution is 5.81. The lowest BCUT2D eigenvalue weighted by Gasteiger charge is -2.28. The number of carbonyl (C=O) groups excluding carboxylic acids is 2. The first-order valence-corrected chi connectivity index (χ1v) is 20.2. The van der Waals surface area contributed by atoms with Gasteiger partial charge in [0.15, 0.2) is 0 Å². The summed E-state index contributed by atoms with van der Waals surface area (Å²) >= 11 is 0. The second kappa shape index (κ2) is 30.9. The van der Waals surface area contributed by atoms with Crippen LogP contribution in [-0.2, 0) is 23.8 Å². The molecule has 1 N–H and O–H groups in total. The average molecular weight is 668 g/mol. The van der Waals surface area contributed by atoms with E-state index in [0.29, 0.717) is 25.6 Å². The number of hydrogen-bond donors (Lipinski definition) is 1. The molecular weight excluding hydrogens is 586 g/mol. The number of nitrogens with one attached hydrogen (secondary N) is 1. The van der Waals surface area contributed by atoms with Crippen LogP contribution < -0.4 is 5.32 Å². The molecule has 0 fully saturated rings. The highest BCUT2D eigenvalue weighted by atomic mass is 16.5. The summed E-state index contributed by atoms with van der Waals surface area (Å²) in [5, 5.41) is 3.15. The van der Waals surface area contributed by atoms with Crippen LogP contribution in [0.4, 0.5) is 0 Å². The summed E-state index contributed by atoms with van der Waals surface area (Å²) in [6.07, 6.45) is 31.1. The molecule has 1 amide bonds. The number of carbonyl (C=O) groups is 2. The van der Waals surface area contributed by atoms with Crippen molar-refractivity contribution in [2.75, 3.05) is 26.9 Å². The van der Waals surface area contributed by atoms with Crippen molar-refractivity contribution in [1.82, 2.24) is 5.32 Å². The summed E-state index contributed by atoms with van der Waals surface area (Å²) in [6, 6.07) is 0. The topological polar surface area (TPSA) is 73.9 Å². The summed E-state index contributed by atoms with van der Waals surface area (Å²) in [7, 11) is 1.71. The number of methoxy groups -OCH3 is 1. The predicted octanol–water partition coefficient (Wildman–Crippen LogP) is 11.7. The fourth-order valence-corrected chi connectivity index (χ4v) is 5.98. The quantitative estimate of drug-likeness (QED) is 0.0538. The Bertz CT molecular complexity index is 699. The Morgan fingerprint density at radius 2 is 1.00 bits per heavy atom. The van der Waals surface area contributed by atoms with Gasteiger partial charge in [-0.3, -0.25) is 9.59 Å². The number of esters is 1. The van der Waals surface area contributed by atoms with E-state index in [9.17, 15) is 9.59 Å². The Kier molecular flexibility index (Phi) is 30.1. The monoisotopic (exact) mass is 668 g/mol. The first-order valence-electron chi connectivity index (χ1n) is 20.2. The van der Waals surface area contributed by atoms with Gasteiger partial charge >= 0.3 is 5.97 Å². The summed E-state index contributed by atoms with van der Waals surface area (Å²) < 4.78 is 16.9. The molecule has 0 aromatic rings. The molecule has 0 heterocycles. The molecule has 0 aromatic carbocycles. The standard InChI is InChI=1S/C41H81NO5/c1-8-10-12-14-16-18-20-22-24-26-28-37(29-27-25-23-21-19-17-15-13-11-9-2)36-42-38(43)30-31-39(44)46-34-32-41(5,6)47-35-33-40(3,4)45-7/h37H,8-36H2,1-7H3,(H,42,43). The van der Waals surface area contributed by atoms with Crippen molar-refractivity contribution in [3.8, 4) is 0 Å². The van der Waals surface area contributed by atoms with E-state index in [4.69, 9.17) is 14.2 Å². The zero-order valence-electron chi connectivity index (χ0n) is 32.6. The van der Waals surface area contributed by atoms with Crippen molar-refractivity contribution >= 4 is 11.9 Å². The minimum absolute atomic E-state index is 0.0393. The van der Waals surface area contributed by atoms with Crippen LogP contribution in [0.25, 0.3) is 0 Å². The Morgan fingerprint density at radius 1 is 0.574 bits per heavy atom. The number of hydrogen-bond acceptors (Lipinski definition) is 5. The molecule has 0 aliphatic rings. The highest BCUT2D eigenvalue weighted by Gasteiger charge is 2.22. The SMILES string of the molecule is CCCCCCCCCCCCC(CCCCCCCCCCCC)CNC(=O)CCC(=O)OCCC(C)(C)OCCC(C)(C)OC. The molecule has 280 valence electrons. The third-order valence-corrected chi connectivity index (χ3v) is 9.79. The minimum atomic E-state index is -0.390. The molecule has 0 radical (unpaired) electrons. The van der Waals surface area contributed by atoms with Crippen LogP contribution in [0.15, 0.2) is 0 Å². The summed E-state index contributed by atoms with van der Waals surface area (Å²) in [4.78, 5) is 25.0. The van der Waals surface area contributed by atoms with E-state index < -0.39 is 0 Å². The molecule has 0 rings (SSSR count). The number of ether oxygens (including phenoxy) is 3. The Labute approximate surface area is 293 Å². The van der Waals surface area contributed by atoms with Crippen molar-refractivity contribution in [3.05, 3.63) is 0 Å².